The molecule has 0 aliphatic carbocycles. The van der Waals surface area contributed by atoms with E-state index in [0.29, 0.717) is 23.3 Å². The molecule has 0 spiro atoms. The number of ether oxygens (including phenoxy) is 1. The minimum Gasteiger partial charge on any atom is -0.480 e. The van der Waals surface area contributed by atoms with Gasteiger partial charge in [-0.1, -0.05) is 30.3 Å². The number of aliphatic carboxylic acids is 2. The molecular weight excluding hydrogens is 514 g/mol. The molecule has 1 aliphatic rings. The lowest BCUT2D eigenvalue weighted by Crippen LogP contribution is -2.40. The van der Waals surface area contributed by atoms with Crippen LogP contribution in [0.2, 0.25) is 0 Å². The minimum atomic E-state index is -1.79. The highest BCUT2D eigenvalue weighted by molar-refractivity contribution is 5.81. The van der Waals surface area contributed by atoms with E-state index < -0.39 is 48.1 Å². The number of rotatable bonds is 9. The second-order valence-electron chi connectivity index (χ2n) is 9.37. The Labute approximate surface area is 223 Å². The molecular formula is C24H33N7O8. The Bertz CT molecular complexity index is 1270. The van der Waals surface area contributed by atoms with Gasteiger partial charge in [0.15, 0.2) is 23.3 Å². The number of nitrogens with two attached hydrogens (primary N) is 2. The molecule has 4 rings (SSSR count). The van der Waals surface area contributed by atoms with E-state index in [0.717, 1.165) is 0 Å². The summed E-state index contributed by atoms with van der Waals surface area (Å²) in [5.41, 5.74) is 10.6. The van der Waals surface area contributed by atoms with Gasteiger partial charge in [-0.05, 0) is 32.5 Å². The zero-order chi connectivity index (χ0) is 28.9. The maximum absolute atomic E-state index is 10.8. The minimum absolute atomic E-state index is 0.206. The number of nitrogen functional groups attached to an aromatic ring is 1. The number of nitrogens with zero attached hydrogens (tertiary/aromatic N) is 5. The van der Waals surface area contributed by atoms with Crippen molar-refractivity contribution in [2.45, 2.75) is 49.5 Å². The summed E-state index contributed by atoms with van der Waals surface area (Å²) in [6.45, 7) is 1.94. The van der Waals surface area contributed by atoms with Crippen molar-refractivity contribution < 1.29 is 39.9 Å². The molecule has 9 N–H and O–H groups in total. The zero-order valence-corrected chi connectivity index (χ0v) is 21.4. The van der Waals surface area contributed by atoms with Gasteiger partial charge in [-0.2, -0.15) is 0 Å². The summed E-state index contributed by atoms with van der Waals surface area (Å²) in [5.74, 6) is -2.10. The third kappa shape index (κ3) is 6.83. The highest BCUT2D eigenvalue weighted by Gasteiger charge is 2.44. The summed E-state index contributed by atoms with van der Waals surface area (Å²) in [6, 6.07) is 7.34. The number of likely N-dealkylation sites (N-methyl/N-ethyl adjacent to an activating group) is 1. The van der Waals surface area contributed by atoms with Gasteiger partial charge < -0.3 is 46.6 Å². The molecule has 39 heavy (non-hydrogen) atoms. The summed E-state index contributed by atoms with van der Waals surface area (Å²) >= 11 is 0. The van der Waals surface area contributed by atoms with Gasteiger partial charge in [0.05, 0.1) is 6.33 Å². The third-order valence-corrected chi connectivity index (χ3v) is 6.38. The van der Waals surface area contributed by atoms with Crippen molar-refractivity contribution in [1.82, 2.24) is 24.4 Å². The Morgan fingerprint density at radius 2 is 1.82 bits per heavy atom. The van der Waals surface area contributed by atoms with Crippen LogP contribution in [0.3, 0.4) is 0 Å². The van der Waals surface area contributed by atoms with Crippen LogP contribution in [0.1, 0.15) is 25.1 Å². The first kappa shape index (κ1) is 29.8. The van der Waals surface area contributed by atoms with Gasteiger partial charge in [0.25, 0.3) is 0 Å². The molecule has 1 fully saturated rings. The average Bonchev–Trinajstić information content (AvgIpc) is 3.45. The average molecular weight is 548 g/mol. The van der Waals surface area contributed by atoms with Crippen LogP contribution >= 0.6 is 0 Å². The van der Waals surface area contributed by atoms with E-state index in [1.165, 1.54) is 24.1 Å². The second-order valence-corrected chi connectivity index (χ2v) is 9.37. The van der Waals surface area contributed by atoms with Crippen LogP contribution in [0.15, 0.2) is 43.0 Å². The first-order valence-corrected chi connectivity index (χ1v) is 12.0. The number of imidazole rings is 1. The number of hydrogen-bond donors (Lipinski definition) is 7. The van der Waals surface area contributed by atoms with Crippen molar-refractivity contribution in [3.05, 3.63) is 48.5 Å². The summed E-state index contributed by atoms with van der Waals surface area (Å²) in [4.78, 5) is 35.3. The lowest BCUT2D eigenvalue weighted by molar-refractivity contribution is -0.157. The molecule has 3 heterocycles. The van der Waals surface area contributed by atoms with Gasteiger partial charge in [-0.15, -0.1) is 0 Å². The van der Waals surface area contributed by atoms with E-state index >= 15 is 0 Å². The van der Waals surface area contributed by atoms with Crippen LogP contribution in [-0.2, 0) is 19.9 Å². The molecule has 212 valence electrons. The number of aliphatic hydroxyl groups is 3. The summed E-state index contributed by atoms with van der Waals surface area (Å²) in [6.07, 6.45) is -0.950. The Morgan fingerprint density at radius 3 is 2.44 bits per heavy atom. The second kappa shape index (κ2) is 12.4. The Balaban J connectivity index is 0.000000293. The molecule has 1 saturated heterocycles. The number of hydrogen-bond acceptors (Lipinski definition) is 12. The number of carboxylic acid groups (broad SMARTS) is 2. The van der Waals surface area contributed by atoms with Gasteiger partial charge in [-0.25, -0.2) is 19.7 Å². The van der Waals surface area contributed by atoms with E-state index in [1.54, 1.807) is 42.3 Å². The standard InChI is InChI=1S/C15H23N7O5.C9H10O3/c1-21(3-2-7(16)15(25)26)4-8-10(23)11(24)14(27-8)22-6-20-9-12(17)18-5-19-13(9)22;1-9(12,8(10)11)7-5-3-2-4-6-7/h5-8,10-11,14,23-24H,2-4,16H2,1H3,(H,25,26)(H2,17,18,19);2-6,12H,1H3,(H,10,11)/t7-,8+,10+,11+,14+;9-/m00/s1. The molecule has 3 aromatic rings. The molecule has 1 aromatic carbocycles. The van der Waals surface area contributed by atoms with Crippen molar-refractivity contribution in [1.29, 1.82) is 0 Å². The Hall–Kier alpha value is -3.73. The molecule has 0 amide bonds. The van der Waals surface area contributed by atoms with Crippen LogP contribution in [0.4, 0.5) is 5.82 Å². The number of carbonyl (C=O) groups is 2. The molecule has 6 atom stereocenters. The molecule has 0 radical (unpaired) electrons. The number of aliphatic hydroxyl groups excluding tert-OH is 2. The fourth-order valence-electron chi connectivity index (χ4n) is 3.93. The lowest BCUT2D eigenvalue weighted by atomic mass is 9.97. The molecule has 15 heteroatoms. The molecule has 1 aliphatic heterocycles. The van der Waals surface area contributed by atoms with Crippen LogP contribution in [-0.4, -0.2) is 106 Å². The first-order valence-electron chi connectivity index (χ1n) is 12.0. The molecule has 2 aromatic heterocycles. The van der Waals surface area contributed by atoms with Crippen molar-refractivity contribution in [3.63, 3.8) is 0 Å². The smallest absolute Gasteiger partial charge is 0.340 e. The largest absolute Gasteiger partial charge is 0.480 e. The highest BCUT2D eigenvalue weighted by atomic mass is 16.6. The normalized spacial score (nSPS) is 23.2. The monoisotopic (exact) mass is 547 g/mol. The van der Waals surface area contributed by atoms with Gasteiger partial charge >= 0.3 is 11.9 Å². The Morgan fingerprint density at radius 1 is 1.15 bits per heavy atom. The van der Waals surface area contributed by atoms with Crippen LogP contribution in [0.5, 0.6) is 0 Å². The number of fused-ring (bicyclic) bond motifs is 1. The van der Waals surface area contributed by atoms with E-state index in [4.69, 9.17) is 26.4 Å². The van der Waals surface area contributed by atoms with E-state index in [9.17, 15) is 24.9 Å². The highest BCUT2D eigenvalue weighted by Crippen LogP contribution is 2.32. The summed E-state index contributed by atoms with van der Waals surface area (Å²) in [7, 11) is 1.75. The topological polar surface area (TPSA) is 243 Å². The maximum atomic E-state index is 10.8. The predicted molar refractivity (Wildman–Crippen MR) is 137 cm³/mol. The summed E-state index contributed by atoms with van der Waals surface area (Å²) < 4.78 is 7.34. The molecule has 0 saturated carbocycles. The van der Waals surface area contributed by atoms with E-state index in [1.807, 2.05) is 0 Å². The third-order valence-electron chi connectivity index (χ3n) is 6.38. The predicted octanol–water partition coefficient (Wildman–Crippen LogP) is -1.26. The molecule has 0 bridgehead atoms. The molecule has 0 unspecified atom stereocenters. The number of anilines is 1. The van der Waals surface area contributed by atoms with Crippen LogP contribution in [0, 0.1) is 0 Å². The SMILES string of the molecule is CN(CC[C@H](N)C(=O)O)C[C@H]1O[C@@H](n2cnc3c(N)ncnc32)[C@H](O)[C@@H]1O.C[C@@](O)(C(=O)O)c1ccccc1. The fourth-order valence-corrected chi connectivity index (χ4v) is 3.93. The summed E-state index contributed by atoms with van der Waals surface area (Å²) in [5, 5.41) is 47.7. The quantitative estimate of drug-likeness (QED) is 0.165. The van der Waals surface area contributed by atoms with Crippen LogP contribution in [0.25, 0.3) is 11.2 Å². The van der Waals surface area contributed by atoms with Crippen molar-refractivity contribution >= 4 is 28.9 Å². The lowest BCUT2D eigenvalue weighted by Gasteiger charge is -2.23. The van der Waals surface area contributed by atoms with E-state index in [-0.39, 0.29) is 18.8 Å². The number of benzene rings is 1. The van der Waals surface area contributed by atoms with Gasteiger partial charge in [0, 0.05) is 6.54 Å². The van der Waals surface area contributed by atoms with Gasteiger partial charge in [0.2, 0.25) is 0 Å². The Kier molecular flexibility index (Phi) is 9.49. The first-order chi connectivity index (χ1) is 18.3. The van der Waals surface area contributed by atoms with E-state index in [2.05, 4.69) is 15.0 Å². The number of aromatic nitrogens is 4. The van der Waals surface area contributed by atoms with Gasteiger partial charge in [0.1, 0.15) is 36.2 Å². The van der Waals surface area contributed by atoms with Crippen molar-refractivity contribution in [2.24, 2.45) is 5.73 Å². The molecule has 15 nitrogen and oxygen atoms in total. The van der Waals surface area contributed by atoms with Crippen molar-refractivity contribution in [2.75, 3.05) is 25.9 Å². The number of carboxylic acids is 2. The fraction of sp³-hybridized carbons (Fsp3) is 0.458. The maximum Gasteiger partial charge on any atom is 0.340 e. The zero-order valence-electron chi connectivity index (χ0n) is 21.4. The van der Waals surface area contributed by atoms with Crippen molar-refractivity contribution in [3.8, 4) is 0 Å². The van der Waals surface area contributed by atoms with Crippen LogP contribution < -0.4 is 11.5 Å². The van der Waals surface area contributed by atoms with Gasteiger partial charge in [-0.3, -0.25) is 9.36 Å².